The molecule has 0 heterocycles. The fraction of sp³-hybridized carbons (Fsp3) is 0. The SMILES string of the molecule is N#CC#N.P.[Cu]. The summed E-state index contributed by atoms with van der Waals surface area (Å²) in [6.07, 6.45) is 0. The molecule has 1 unspecified atom stereocenters. The Morgan fingerprint density at radius 1 is 1.00 bits per heavy atom. The van der Waals surface area contributed by atoms with Crippen LogP contribution in [0.15, 0.2) is 0 Å². The molecule has 1 radical (unpaired) electrons. The molecule has 0 amide bonds. The summed E-state index contributed by atoms with van der Waals surface area (Å²) >= 11 is 0. The van der Waals surface area contributed by atoms with Crippen molar-refractivity contribution in [3.63, 3.8) is 0 Å². The van der Waals surface area contributed by atoms with Crippen LogP contribution in [0.1, 0.15) is 0 Å². The van der Waals surface area contributed by atoms with E-state index in [-0.39, 0.29) is 27.0 Å². The van der Waals surface area contributed by atoms with Crippen molar-refractivity contribution in [2.24, 2.45) is 0 Å². The van der Waals surface area contributed by atoms with Gasteiger partial charge in [-0.3, -0.25) is 0 Å². The van der Waals surface area contributed by atoms with Crippen LogP contribution in [0.4, 0.5) is 0 Å². The summed E-state index contributed by atoms with van der Waals surface area (Å²) in [4.78, 5) is 0. The summed E-state index contributed by atoms with van der Waals surface area (Å²) < 4.78 is 0. The maximum absolute atomic E-state index is 7.26. The summed E-state index contributed by atoms with van der Waals surface area (Å²) in [7, 11) is 0. The number of nitriles is 2. The van der Waals surface area contributed by atoms with Gasteiger partial charge in [0.15, 0.2) is 12.1 Å². The Morgan fingerprint density at radius 2 is 1.17 bits per heavy atom. The minimum atomic E-state index is 0. The molecule has 4 heteroatoms. The van der Waals surface area contributed by atoms with Gasteiger partial charge in [0.05, 0.1) is 0 Å². The van der Waals surface area contributed by atoms with E-state index in [2.05, 4.69) is 0 Å². The normalized spacial score (nSPS) is 1.67. The molecule has 2 nitrogen and oxygen atoms in total. The number of hydrogen-bond donors (Lipinski definition) is 0. The first-order valence-electron chi connectivity index (χ1n) is 0.697. The molecule has 0 aliphatic heterocycles. The third-order valence-corrected chi connectivity index (χ3v) is 0.0500. The Morgan fingerprint density at radius 3 is 1.17 bits per heavy atom. The fourth-order valence-corrected chi connectivity index (χ4v) is 0. The monoisotopic (exact) mass is 149 g/mol. The van der Waals surface area contributed by atoms with E-state index in [0.29, 0.717) is 0 Å². The van der Waals surface area contributed by atoms with Gasteiger partial charge < -0.3 is 0 Å². The Hall–Kier alpha value is -0.0705. The van der Waals surface area contributed by atoms with Crippen LogP contribution in [0.25, 0.3) is 0 Å². The van der Waals surface area contributed by atoms with Crippen molar-refractivity contribution in [1.82, 2.24) is 0 Å². The van der Waals surface area contributed by atoms with E-state index in [4.69, 9.17) is 10.5 Å². The van der Waals surface area contributed by atoms with Gasteiger partial charge in [0.25, 0.3) is 0 Å². The molecule has 0 N–H and O–H groups in total. The molecule has 0 aromatic carbocycles. The van der Waals surface area contributed by atoms with Crippen molar-refractivity contribution in [3.05, 3.63) is 0 Å². The van der Waals surface area contributed by atoms with E-state index in [1.165, 1.54) is 12.1 Å². The first-order chi connectivity index (χ1) is 1.91. The molecule has 0 rings (SSSR count). The maximum Gasteiger partial charge on any atom is 0.181 e. The summed E-state index contributed by atoms with van der Waals surface area (Å²) in [5.41, 5.74) is 0. The Balaban J connectivity index is -0.0000000450. The summed E-state index contributed by atoms with van der Waals surface area (Å²) in [6, 6.07) is 2.47. The molecule has 0 saturated heterocycles. The van der Waals surface area contributed by atoms with Gasteiger partial charge >= 0.3 is 0 Å². The van der Waals surface area contributed by atoms with Crippen LogP contribution in [0.3, 0.4) is 0 Å². The summed E-state index contributed by atoms with van der Waals surface area (Å²) in [6.45, 7) is 0. The number of rotatable bonds is 0. The van der Waals surface area contributed by atoms with E-state index >= 15 is 0 Å². The molecule has 0 aliphatic rings. The molecule has 37 valence electrons. The molecule has 0 aromatic rings. The van der Waals surface area contributed by atoms with Crippen LogP contribution in [-0.4, -0.2) is 0 Å². The minimum Gasteiger partial charge on any atom is -0.181 e. The first-order valence-corrected chi connectivity index (χ1v) is 0.697. The standard InChI is InChI=1S/C2N2.Cu.H3P/c3-1-2-4;;/h;;1H3. The molecule has 0 aromatic heterocycles. The van der Waals surface area contributed by atoms with Gasteiger partial charge in [-0.15, -0.1) is 0 Å². The second kappa shape index (κ2) is 20.4. The predicted molar refractivity (Wildman–Crippen MR) is 22.3 cm³/mol. The molecule has 0 spiro atoms. The molecule has 0 aliphatic carbocycles. The maximum atomic E-state index is 7.26. The van der Waals surface area contributed by atoms with Gasteiger partial charge in [-0.05, 0) is 0 Å². The van der Waals surface area contributed by atoms with Gasteiger partial charge in [-0.1, -0.05) is 0 Å². The third-order valence-electron chi connectivity index (χ3n) is 0.0500. The first kappa shape index (κ1) is 16.8. The van der Waals surface area contributed by atoms with Crippen molar-refractivity contribution in [3.8, 4) is 12.1 Å². The van der Waals surface area contributed by atoms with Crippen molar-refractivity contribution in [2.45, 2.75) is 0 Å². The smallest absolute Gasteiger partial charge is 0.181 e. The summed E-state index contributed by atoms with van der Waals surface area (Å²) in [5, 5.41) is 14.5. The quantitative estimate of drug-likeness (QED) is 0.362. The Labute approximate surface area is 50.2 Å². The number of hydrogen-bond acceptors (Lipinski definition) is 2. The topological polar surface area (TPSA) is 47.6 Å². The third kappa shape index (κ3) is 39.0. The Bertz CT molecular complexity index is 66.5. The summed E-state index contributed by atoms with van der Waals surface area (Å²) in [5.74, 6) is 0. The molecular weight excluding hydrogens is 147 g/mol. The van der Waals surface area contributed by atoms with Gasteiger partial charge in [-0.25, -0.2) is 0 Å². The van der Waals surface area contributed by atoms with Crippen LogP contribution in [0, 0.1) is 22.7 Å². The molecule has 0 saturated carbocycles. The second-order valence-corrected chi connectivity index (χ2v) is 0.224. The van der Waals surface area contributed by atoms with E-state index in [1.54, 1.807) is 0 Å². The van der Waals surface area contributed by atoms with Gasteiger partial charge in [0, 0.05) is 17.1 Å². The van der Waals surface area contributed by atoms with E-state index in [0.717, 1.165) is 0 Å². The zero-order chi connectivity index (χ0) is 3.41. The zero-order valence-corrected chi connectivity index (χ0v) is 5.26. The van der Waals surface area contributed by atoms with Crippen molar-refractivity contribution in [2.75, 3.05) is 0 Å². The fourth-order valence-electron chi connectivity index (χ4n) is 0. The van der Waals surface area contributed by atoms with Crippen LogP contribution < -0.4 is 0 Å². The predicted octanol–water partition coefficient (Wildman–Crippen LogP) is 0.0892. The number of nitrogens with zero attached hydrogens (tertiary/aromatic N) is 2. The largest absolute Gasteiger partial charge is 0.181 e. The van der Waals surface area contributed by atoms with Crippen LogP contribution >= 0.6 is 9.90 Å². The molecule has 0 bridgehead atoms. The van der Waals surface area contributed by atoms with Crippen LogP contribution in [0.5, 0.6) is 0 Å². The molecule has 0 fully saturated rings. The second-order valence-electron chi connectivity index (χ2n) is 0.224. The van der Waals surface area contributed by atoms with Crippen molar-refractivity contribution < 1.29 is 17.1 Å². The Kier molecular flexibility index (Phi) is 57.2. The minimum absolute atomic E-state index is 0. The van der Waals surface area contributed by atoms with Crippen molar-refractivity contribution in [1.29, 1.82) is 10.5 Å². The van der Waals surface area contributed by atoms with E-state index in [1.807, 2.05) is 0 Å². The van der Waals surface area contributed by atoms with Crippen LogP contribution in [0.2, 0.25) is 0 Å². The van der Waals surface area contributed by atoms with E-state index in [9.17, 15) is 0 Å². The average Bonchev–Trinajstić information content (AvgIpc) is 1.37. The average molecular weight is 150 g/mol. The van der Waals surface area contributed by atoms with Gasteiger partial charge in [0.1, 0.15) is 0 Å². The zero-order valence-electron chi connectivity index (χ0n) is 2.90. The van der Waals surface area contributed by atoms with Gasteiger partial charge in [-0.2, -0.15) is 20.4 Å². The molecule has 1 atom stereocenters. The molecule has 6 heavy (non-hydrogen) atoms. The van der Waals surface area contributed by atoms with Crippen LogP contribution in [-0.2, 0) is 17.1 Å². The molecular formula is C2H3CuN2P. The van der Waals surface area contributed by atoms with E-state index < -0.39 is 0 Å². The van der Waals surface area contributed by atoms with Gasteiger partial charge in [0.2, 0.25) is 0 Å². The van der Waals surface area contributed by atoms with Crippen molar-refractivity contribution >= 4 is 9.90 Å².